The Balaban J connectivity index is 1.62. The van der Waals surface area contributed by atoms with Gasteiger partial charge < -0.3 is 15.4 Å². The van der Waals surface area contributed by atoms with E-state index in [2.05, 4.69) is 17.2 Å². The number of nitrogens with zero attached hydrogens (tertiary/aromatic N) is 1. The lowest BCUT2D eigenvalue weighted by Crippen LogP contribution is -2.34. The summed E-state index contributed by atoms with van der Waals surface area (Å²) in [6.07, 6.45) is 3.80. The fourth-order valence-electron chi connectivity index (χ4n) is 3.03. The lowest BCUT2D eigenvalue weighted by atomic mass is 10.1. The Kier molecular flexibility index (Phi) is 7.03. The Morgan fingerprint density at radius 1 is 1.17 bits per heavy atom. The lowest BCUT2D eigenvalue weighted by molar-refractivity contribution is -0.117. The van der Waals surface area contributed by atoms with Gasteiger partial charge >= 0.3 is 0 Å². The van der Waals surface area contributed by atoms with Crippen molar-refractivity contribution >= 4 is 17.5 Å². The highest BCUT2D eigenvalue weighted by molar-refractivity contribution is 6.04. The van der Waals surface area contributed by atoms with Gasteiger partial charge in [0.05, 0.1) is 24.9 Å². The van der Waals surface area contributed by atoms with Crippen LogP contribution in [0.15, 0.2) is 61.2 Å². The van der Waals surface area contributed by atoms with E-state index in [1.807, 2.05) is 35.2 Å². The standard InChI is InChI=1S/C23H27N3O3/c1-3-14-26(15-17-8-12-19(29-2)13-9-17)16-22(27)25-21-7-5-4-6-20(21)23(28)24-18-10-11-18/h3-9,12-13,18H,1,10-11,14-16H2,2H3,(H,24,28)(H,25,27). The average molecular weight is 393 g/mol. The van der Waals surface area contributed by atoms with Crippen molar-refractivity contribution in [2.45, 2.75) is 25.4 Å². The average Bonchev–Trinajstić information content (AvgIpc) is 3.53. The van der Waals surface area contributed by atoms with E-state index >= 15 is 0 Å². The highest BCUT2D eigenvalue weighted by atomic mass is 16.5. The van der Waals surface area contributed by atoms with Gasteiger partial charge in [0.1, 0.15) is 5.75 Å². The molecule has 0 heterocycles. The van der Waals surface area contributed by atoms with Crippen LogP contribution in [0.25, 0.3) is 0 Å². The molecular weight excluding hydrogens is 366 g/mol. The molecule has 0 atom stereocenters. The number of hydrogen-bond donors (Lipinski definition) is 2. The second-order valence-electron chi connectivity index (χ2n) is 7.15. The highest BCUT2D eigenvalue weighted by Crippen LogP contribution is 2.21. The first-order valence-corrected chi connectivity index (χ1v) is 9.75. The van der Waals surface area contributed by atoms with E-state index in [1.165, 1.54) is 0 Å². The van der Waals surface area contributed by atoms with Gasteiger partial charge in [0.25, 0.3) is 5.91 Å². The molecule has 2 amide bonds. The zero-order chi connectivity index (χ0) is 20.6. The monoisotopic (exact) mass is 393 g/mol. The maximum absolute atomic E-state index is 12.7. The van der Waals surface area contributed by atoms with Crippen molar-refractivity contribution < 1.29 is 14.3 Å². The molecule has 0 radical (unpaired) electrons. The van der Waals surface area contributed by atoms with Crippen molar-refractivity contribution in [1.29, 1.82) is 0 Å². The fourth-order valence-corrected chi connectivity index (χ4v) is 3.03. The molecule has 0 aromatic heterocycles. The second-order valence-corrected chi connectivity index (χ2v) is 7.15. The van der Waals surface area contributed by atoms with E-state index in [0.717, 1.165) is 24.2 Å². The SMILES string of the molecule is C=CCN(CC(=O)Nc1ccccc1C(=O)NC1CC1)Cc1ccc(OC)cc1. The van der Waals surface area contributed by atoms with E-state index in [1.54, 1.807) is 31.4 Å². The largest absolute Gasteiger partial charge is 0.497 e. The molecule has 0 spiro atoms. The first-order valence-electron chi connectivity index (χ1n) is 9.75. The number of anilines is 1. The molecule has 0 bridgehead atoms. The van der Waals surface area contributed by atoms with Crippen LogP contribution in [-0.4, -0.2) is 43.0 Å². The molecule has 6 nitrogen and oxygen atoms in total. The first-order chi connectivity index (χ1) is 14.1. The first kappa shape index (κ1) is 20.6. The number of carbonyl (C=O) groups excluding carboxylic acids is 2. The van der Waals surface area contributed by atoms with Gasteiger partial charge in [-0.3, -0.25) is 14.5 Å². The normalized spacial score (nSPS) is 13.0. The minimum Gasteiger partial charge on any atom is -0.497 e. The van der Waals surface area contributed by atoms with Gasteiger partial charge in [0, 0.05) is 19.1 Å². The van der Waals surface area contributed by atoms with Gasteiger partial charge in [-0.2, -0.15) is 0 Å². The van der Waals surface area contributed by atoms with E-state index in [0.29, 0.717) is 24.3 Å². The summed E-state index contributed by atoms with van der Waals surface area (Å²) in [5, 5.41) is 5.84. The molecule has 0 saturated heterocycles. The Morgan fingerprint density at radius 3 is 2.55 bits per heavy atom. The minimum absolute atomic E-state index is 0.149. The summed E-state index contributed by atoms with van der Waals surface area (Å²) >= 11 is 0. The Hall–Kier alpha value is -3.12. The number of amides is 2. The van der Waals surface area contributed by atoms with E-state index in [4.69, 9.17) is 4.74 Å². The number of rotatable bonds is 10. The smallest absolute Gasteiger partial charge is 0.253 e. The van der Waals surface area contributed by atoms with Gasteiger partial charge in [-0.1, -0.05) is 30.3 Å². The van der Waals surface area contributed by atoms with Gasteiger partial charge in [0.2, 0.25) is 5.91 Å². The lowest BCUT2D eigenvalue weighted by Gasteiger charge is -2.21. The summed E-state index contributed by atoms with van der Waals surface area (Å²) in [7, 11) is 1.63. The Bertz CT molecular complexity index is 860. The maximum Gasteiger partial charge on any atom is 0.253 e. The second kappa shape index (κ2) is 9.89. The molecule has 2 N–H and O–H groups in total. The number of ether oxygens (including phenoxy) is 1. The number of para-hydroxylation sites is 1. The summed E-state index contributed by atoms with van der Waals surface area (Å²) in [4.78, 5) is 27.1. The Morgan fingerprint density at radius 2 is 1.90 bits per heavy atom. The summed E-state index contributed by atoms with van der Waals surface area (Å²) in [6.45, 7) is 5.15. The molecule has 6 heteroatoms. The molecule has 1 aliphatic rings. The van der Waals surface area contributed by atoms with Gasteiger partial charge in [-0.15, -0.1) is 6.58 Å². The number of nitrogens with one attached hydrogen (secondary N) is 2. The van der Waals surface area contributed by atoms with Crippen LogP contribution in [0.2, 0.25) is 0 Å². The van der Waals surface area contributed by atoms with Crippen LogP contribution < -0.4 is 15.4 Å². The number of methoxy groups -OCH3 is 1. The summed E-state index contributed by atoms with van der Waals surface area (Å²) in [5.41, 5.74) is 2.08. The van der Waals surface area contributed by atoms with Crippen LogP contribution in [0.1, 0.15) is 28.8 Å². The molecule has 3 rings (SSSR count). The molecule has 2 aromatic carbocycles. The predicted molar refractivity (Wildman–Crippen MR) is 114 cm³/mol. The molecule has 152 valence electrons. The molecule has 29 heavy (non-hydrogen) atoms. The molecule has 0 unspecified atom stereocenters. The number of carbonyl (C=O) groups is 2. The third-order valence-electron chi connectivity index (χ3n) is 4.68. The third kappa shape index (κ3) is 6.19. The van der Waals surface area contributed by atoms with Crippen molar-refractivity contribution in [2.75, 3.05) is 25.5 Å². The van der Waals surface area contributed by atoms with Gasteiger partial charge in [-0.25, -0.2) is 0 Å². The van der Waals surface area contributed by atoms with E-state index in [-0.39, 0.29) is 24.4 Å². The van der Waals surface area contributed by atoms with Crippen LogP contribution in [0.4, 0.5) is 5.69 Å². The van der Waals surface area contributed by atoms with Crippen LogP contribution in [0.5, 0.6) is 5.75 Å². The van der Waals surface area contributed by atoms with E-state index in [9.17, 15) is 9.59 Å². The van der Waals surface area contributed by atoms with Crippen molar-refractivity contribution in [3.05, 3.63) is 72.3 Å². The highest BCUT2D eigenvalue weighted by Gasteiger charge is 2.25. The molecule has 1 saturated carbocycles. The number of hydrogen-bond acceptors (Lipinski definition) is 4. The quantitative estimate of drug-likeness (QED) is 0.608. The fraction of sp³-hybridized carbons (Fsp3) is 0.304. The molecule has 1 aliphatic carbocycles. The van der Waals surface area contributed by atoms with Crippen LogP contribution >= 0.6 is 0 Å². The summed E-state index contributed by atoms with van der Waals surface area (Å²) in [5.74, 6) is 0.472. The summed E-state index contributed by atoms with van der Waals surface area (Å²) < 4.78 is 5.18. The molecular formula is C23H27N3O3. The molecule has 1 fully saturated rings. The van der Waals surface area contributed by atoms with Crippen molar-refractivity contribution in [2.24, 2.45) is 0 Å². The van der Waals surface area contributed by atoms with Crippen LogP contribution in [0.3, 0.4) is 0 Å². The molecule has 2 aromatic rings. The third-order valence-corrected chi connectivity index (χ3v) is 4.68. The van der Waals surface area contributed by atoms with E-state index < -0.39 is 0 Å². The van der Waals surface area contributed by atoms with Crippen LogP contribution in [-0.2, 0) is 11.3 Å². The van der Waals surface area contributed by atoms with Gasteiger partial charge in [-0.05, 0) is 42.7 Å². The Labute approximate surface area is 171 Å². The summed E-state index contributed by atoms with van der Waals surface area (Å²) in [6, 6.07) is 15.1. The molecule has 0 aliphatic heterocycles. The zero-order valence-corrected chi connectivity index (χ0v) is 16.7. The predicted octanol–water partition coefficient (Wildman–Crippen LogP) is 3.21. The van der Waals surface area contributed by atoms with Crippen molar-refractivity contribution in [3.8, 4) is 5.75 Å². The van der Waals surface area contributed by atoms with Crippen LogP contribution in [0, 0.1) is 0 Å². The van der Waals surface area contributed by atoms with Gasteiger partial charge in [0.15, 0.2) is 0 Å². The number of benzene rings is 2. The topological polar surface area (TPSA) is 70.7 Å². The van der Waals surface area contributed by atoms with Crippen molar-refractivity contribution in [3.63, 3.8) is 0 Å². The maximum atomic E-state index is 12.7. The van der Waals surface area contributed by atoms with Crippen molar-refractivity contribution in [1.82, 2.24) is 10.2 Å². The zero-order valence-electron chi connectivity index (χ0n) is 16.7. The minimum atomic E-state index is -0.174.